The maximum Gasteiger partial charge on any atom is 0.228 e. The van der Waals surface area contributed by atoms with Gasteiger partial charge in [0, 0.05) is 23.4 Å². The molecule has 1 atom stereocenters. The Morgan fingerprint density at radius 3 is 2.89 bits per heavy atom. The van der Waals surface area contributed by atoms with Crippen LogP contribution in [0, 0.1) is 5.92 Å². The van der Waals surface area contributed by atoms with Crippen LogP contribution >= 0.6 is 11.8 Å². The zero-order valence-electron chi connectivity index (χ0n) is 9.98. The minimum Gasteiger partial charge on any atom is -0.486 e. The maximum atomic E-state index is 12.0. The molecule has 1 aromatic carbocycles. The highest BCUT2D eigenvalue weighted by atomic mass is 32.2. The molecule has 3 rings (SSSR count). The van der Waals surface area contributed by atoms with Gasteiger partial charge in [-0.3, -0.25) is 4.79 Å². The lowest BCUT2D eigenvalue weighted by atomic mass is 10.1. The number of amides is 1. The molecule has 0 saturated carbocycles. The van der Waals surface area contributed by atoms with Crippen LogP contribution in [0.15, 0.2) is 18.2 Å². The van der Waals surface area contributed by atoms with Crippen molar-refractivity contribution in [1.29, 1.82) is 0 Å². The summed E-state index contributed by atoms with van der Waals surface area (Å²) >= 11 is 1.84. The number of fused-ring (bicyclic) bond motifs is 1. The zero-order valence-corrected chi connectivity index (χ0v) is 10.8. The zero-order chi connectivity index (χ0) is 12.4. The van der Waals surface area contributed by atoms with Crippen LogP contribution in [0.5, 0.6) is 11.5 Å². The number of ether oxygens (including phenoxy) is 2. The Bertz CT molecular complexity index is 458. The lowest BCUT2D eigenvalue weighted by Gasteiger charge is -2.19. The van der Waals surface area contributed by atoms with E-state index in [9.17, 15) is 4.79 Å². The highest BCUT2D eigenvalue weighted by Crippen LogP contribution is 2.33. The Morgan fingerprint density at radius 1 is 1.28 bits per heavy atom. The van der Waals surface area contributed by atoms with Gasteiger partial charge in [0.15, 0.2) is 11.5 Å². The maximum absolute atomic E-state index is 12.0. The first kappa shape index (κ1) is 11.7. The molecule has 96 valence electrons. The number of nitrogens with one attached hydrogen (secondary N) is 1. The fraction of sp³-hybridized carbons (Fsp3) is 0.462. The van der Waals surface area contributed by atoms with Crippen LogP contribution in [0.25, 0.3) is 0 Å². The van der Waals surface area contributed by atoms with E-state index in [1.54, 1.807) is 0 Å². The van der Waals surface area contributed by atoms with Crippen LogP contribution in [-0.2, 0) is 4.79 Å². The largest absolute Gasteiger partial charge is 0.486 e. The van der Waals surface area contributed by atoms with Crippen molar-refractivity contribution in [3.05, 3.63) is 18.2 Å². The molecule has 1 N–H and O–H groups in total. The van der Waals surface area contributed by atoms with Gasteiger partial charge in [-0.25, -0.2) is 0 Å². The molecule has 18 heavy (non-hydrogen) atoms. The average molecular weight is 265 g/mol. The second-order valence-electron chi connectivity index (χ2n) is 4.41. The van der Waals surface area contributed by atoms with Gasteiger partial charge in [0.1, 0.15) is 13.2 Å². The van der Waals surface area contributed by atoms with E-state index in [-0.39, 0.29) is 11.8 Å². The number of thioether (sulfide) groups is 1. The first-order valence-electron chi connectivity index (χ1n) is 6.11. The molecule has 2 aliphatic rings. The van der Waals surface area contributed by atoms with Crippen molar-refractivity contribution in [2.75, 3.05) is 30.0 Å². The van der Waals surface area contributed by atoms with Crippen molar-refractivity contribution in [2.24, 2.45) is 5.92 Å². The van der Waals surface area contributed by atoms with Gasteiger partial charge >= 0.3 is 0 Å². The molecular weight excluding hydrogens is 250 g/mol. The summed E-state index contributed by atoms with van der Waals surface area (Å²) in [6.45, 7) is 1.14. The van der Waals surface area contributed by atoms with E-state index in [0.717, 1.165) is 29.4 Å². The highest BCUT2D eigenvalue weighted by molar-refractivity contribution is 7.99. The van der Waals surface area contributed by atoms with Crippen molar-refractivity contribution in [2.45, 2.75) is 6.42 Å². The summed E-state index contributed by atoms with van der Waals surface area (Å²) in [6, 6.07) is 5.52. The predicted molar refractivity (Wildman–Crippen MR) is 71.5 cm³/mol. The normalized spacial score (nSPS) is 21.7. The number of benzene rings is 1. The third-order valence-corrected chi connectivity index (χ3v) is 4.27. The summed E-state index contributed by atoms with van der Waals surface area (Å²) in [5, 5.41) is 2.95. The number of hydrogen-bond acceptors (Lipinski definition) is 4. The molecule has 1 aromatic rings. The molecule has 1 unspecified atom stereocenters. The lowest BCUT2D eigenvalue weighted by Crippen LogP contribution is -2.22. The summed E-state index contributed by atoms with van der Waals surface area (Å²) < 4.78 is 10.9. The van der Waals surface area contributed by atoms with E-state index in [2.05, 4.69) is 5.32 Å². The van der Waals surface area contributed by atoms with Crippen molar-refractivity contribution in [3.63, 3.8) is 0 Å². The Morgan fingerprint density at radius 2 is 2.11 bits per heavy atom. The van der Waals surface area contributed by atoms with Crippen LogP contribution in [0.2, 0.25) is 0 Å². The number of anilines is 1. The first-order chi connectivity index (χ1) is 8.83. The van der Waals surface area contributed by atoms with E-state index in [1.165, 1.54) is 0 Å². The summed E-state index contributed by atoms with van der Waals surface area (Å²) in [6.07, 6.45) is 0.973. The number of rotatable bonds is 2. The molecule has 2 aliphatic heterocycles. The fourth-order valence-electron chi connectivity index (χ4n) is 2.11. The second-order valence-corrected chi connectivity index (χ2v) is 5.56. The molecule has 4 nitrogen and oxygen atoms in total. The number of carbonyl (C=O) groups excluding carboxylic acids is 1. The molecule has 0 aromatic heterocycles. The van der Waals surface area contributed by atoms with Gasteiger partial charge in [0.2, 0.25) is 5.91 Å². The summed E-state index contributed by atoms with van der Waals surface area (Å²) in [4.78, 5) is 12.0. The van der Waals surface area contributed by atoms with Gasteiger partial charge in [-0.05, 0) is 24.3 Å². The van der Waals surface area contributed by atoms with Crippen molar-refractivity contribution in [3.8, 4) is 11.5 Å². The lowest BCUT2D eigenvalue weighted by molar-refractivity contribution is -0.119. The number of hydrogen-bond donors (Lipinski definition) is 1. The van der Waals surface area contributed by atoms with Gasteiger partial charge in [-0.15, -0.1) is 0 Å². The smallest absolute Gasteiger partial charge is 0.228 e. The van der Waals surface area contributed by atoms with Gasteiger partial charge in [-0.2, -0.15) is 11.8 Å². The molecule has 2 heterocycles. The Kier molecular flexibility index (Phi) is 3.32. The fourth-order valence-corrected chi connectivity index (χ4v) is 3.33. The summed E-state index contributed by atoms with van der Waals surface area (Å²) in [7, 11) is 0. The van der Waals surface area contributed by atoms with Gasteiger partial charge in [-0.1, -0.05) is 0 Å². The number of carbonyl (C=O) groups is 1. The average Bonchev–Trinajstić information content (AvgIpc) is 2.92. The van der Waals surface area contributed by atoms with Gasteiger partial charge in [0.05, 0.1) is 0 Å². The highest BCUT2D eigenvalue weighted by Gasteiger charge is 2.23. The Balaban J connectivity index is 1.70. The van der Waals surface area contributed by atoms with Crippen LogP contribution < -0.4 is 14.8 Å². The summed E-state index contributed by atoms with van der Waals surface area (Å²) in [5.41, 5.74) is 0.779. The van der Waals surface area contributed by atoms with Gasteiger partial charge < -0.3 is 14.8 Å². The molecule has 0 spiro atoms. The quantitative estimate of drug-likeness (QED) is 0.890. The monoisotopic (exact) mass is 265 g/mol. The standard InChI is InChI=1S/C13H15NO3S/c15-13(9-3-6-18-8-9)14-10-1-2-11-12(7-10)17-5-4-16-11/h1-2,7,9H,3-6,8H2,(H,14,15). The Labute approximate surface area is 110 Å². The molecule has 5 heteroatoms. The van der Waals surface area contributed by atoms with Gasteiger partial charge in [0.25, 0.3) is 0 Å². The molecule has 1 fully saturated rings. The first-order valence-corrected chi connectivity index (χ1v) is 7.26. The molecule has 1 saturated heterocycles. The predicted octanol–water partition coefficient (Wildman–Crippen LogP) is 2.15. The van der Waals surface area contributed by atoms with Crippen molar-refractivity contribution >= 4 is 23.4 Å². The molecule has 1 amide bonds. The molecular formula is C13H15NO3S. The van der Waals surface area contributed by atoms with E-state index in [0.29, 0.717) is 19.0 Å². The third kappa shape index (κ3) is 2.41. The minimum atomic E-state index is 0.108. The minimum absolute atomic E-state index is 0.108. The molecule has 0 radical (unpaired) electrons. The SMILES string of the molecule is O=C(Nc1ccc2c(c1)OCCO2)C1CCSC1. The van der Waals surface area contributed by atoms with E-state index < -0.39 is 0 Å². The molecule has 0 aliphatic carbocycles. The van der Waals surface area contributed by atoms with Crippen LogP contribution in [0.3, 0.4) is 0 Å². The second kappa shape index (κ2) is 5.10. The molecule has 0 bridgehead atoms. The third-order valence-electron chi connectivity index (χ3n) is 3.11. The topological polar surface area (TPSA) is 47.6 Å². The van der Waals surface area contributed by atoms with Crippen LogP contribution in [0.1, 0.15) is 6.42 Å². The van der Waals surface area contributed by atoms with E-state index in [1.807, 2.05) is 30.0 Å². The van der Waals surface area contributed by atoms with Crippen LogP contribution in [-0.4, -0.2) is 30.6 Å². The van der Waals surface area contributed by atoms with Crippen molar-refractivity contribution in [1.82, 2.24) is 0 Å². The van der Waals surface area contributed by atoms with Crippen LogP contribution in [0.4, 0.5) is 5.69 Å². The Hall–Kier alpha value is -1.36. The summed E-state index contributed by atoms with van der Waals surface area (Å²) in [5.74, 6) is 3.71. The van der Waals surface area contributed by atoms with E-state index >= 15 is 0 Å². The van der Waals surface area contributed by atoms with E-state index in [4.69, 9.17) is 9.47 Å². The van der Waals surface area contributed by atoms with Crippen molar-refractivity contribution < 1.29 is 14.3 Å².